The van der Waals surface area contributed by atoms with Crippen LogP contribution in [0.2, 0.25) is 0 Å². The number of nitrogens with two attached hydrogens (primary N) is 1. The van der Waals surface area contributed by atoms with Gasteiger partial charge in [-0.05, 0) is 101 Å². The molecule has 2 atom stereocenters. The SMILES string of the molecule is NC1CCc2ccc(C3=CCC(/C=C4\CCc5cc(C6=CCCNC6)ccc54)NC3)cc21. The van der Waals surface area contributed by atoms with E-state index >= 15 is 0 Å². The van der Waals surface area contributed by atoms with Crippen molar-refractivity contribution in [3.63, 3.8) is 0 Å². The molecule has 32 heavy (non-hydrogen) atoms. The maximum Gasteiger partial charge on any atom is 0.0300 e. The molecule has 0 fully saturated rings. The van der Waals surface area contributed by atoms with Gasteiger partial charge in [-0.1, -0.05) is 48.6 Å². The van der Waals surface area contributed by atoms with Gasteiger partial charge >= 0.3 is 0 Å². The van der Waals surface area contributed by atoms with E-state index in [2.05, 4.69) is 65.3 Å². The Labute approximate surface area is 191 Å². The van der Waals surface area contributed by atoms with Gasteiger partial charge in [0, 0.05) is 25.2 Å². The fraction of sp³-hybridized carbons (Fsp3) is 0.379. The van der Waals surface area contributed by atoms with Gasteiger partial charge in [0.1, 0.15) is 0 Å². The molecule has 2 heterocycles. The van der Waals surface area contributed by atoms with Crippen LogP contribution >= 0.6 is 0 Å². The highest BCUT2D eigenvalue weighted by atomic mass is 14.9. The standard InChI is InChI=1S/C29H33N3/c30-29-12-9-19-3-4-21(16-28(19)29)25-7-10-26(32-18-25)15-23-6-5-22-14-20(8-11-27(22)23)24-2-1-13-31-17-24/h2-4,7-8,11,14-16,26,29,31-32H,1,5-6,9-10,12-13,17-18,30H2/b23-15+. The molecular formula is C29H33N3. The van der Waals surface area contributed by atoms with Crippen LogP contribution in [0.1, 0.15) is 65.1 Å². The summed E-state index contributed by atoms with van der Waals surface area (Å²) in [6.45, 7) is 3.03. The second-order valence-electron chi connectivity index (χ2n) is 9.77. The van der Waals surface area contributed by atoms with Gasteiger partial charge in [-0.25, -0.2) is 0 Å². The molecule has 0 spiro atoms. The third-order valence-electron chi connectivity index (χ3n) is 7.73. The Bertz CT molecular complexity index is 1140. The van der Waals surface area contributed by atoms with E-state index in [0.29, 0.717) is 6.04 Å². The van der Waals surface area contributed by atoms with Crippen molar-refractivity contribution < 1.29 is 0 Å². The van der Waals surface area contributed by atoms with Crippen LogP contribution in [0.15, 0.2) is 54.6 Å². The molecule has 0 radical (unpaired) electrons. The van der Waals surface area contributed by atoms with Gasteiger partial charge in [0.15, 0.2) is 0 Å². The zero-order valence-electron chi connectivity index (χ0n) is 18.8. The van der Waals surface area contributed by atoms with E-state index in [1.807, 2.05) is 0 Å². The molecule has 0 aromatic heterocycles. The Morgan fingerprint density at radius 1 is 0.875 bits per heavy atom. The number of aryl methyl sites for hydroxylation is 2. The topological polar surface area (TPSA) is 50.1 Å². The van der Waals surface area contributed by atoms with E-state index in [1.54, 1.807) is 0 Å². The molecule has 0 bridgehead atoms. The number of fused-ring (bicyclic) bond motifs is 2. The maximum absolute atomic E-state index is 6.30. The highest BCUT2D eigenvalue weighted by Gasteiger charge is 2.22. The summed E-state index contributed by atoms with van der Waals surface area (Å²) in [5, 5.41) is 7.27. The monoisotopic (exact) mass is 423 g/mol. The second-order valence-corrected chi connectivity index (χ2v) is 9.77. The maximum atomic E-state index is 6.30. The minimum atomic E-state index is 0.216. The van der Waals surface area contributed by atoms with Crippen LogP contribution in [0.4, 0.5) is 0 Å². The molecule has 164 valence electrons. The quantitative estimate of drug-likeness (QED) is 0.666. The number of hydrogen-bond donors (Lipinski definition) is 3. The normalized spacial score (nSPS) is 26.0. The lowest BCUT2D eigenvalue weighted by molar-refractivity contribution is 0.627. The lowest BCUT2D eigenvalue weighted by atomic mass is 9.94. The molecular weight excluding hydrogens is 390 g/mol. The van der Waals surface area contributed by atoms with E-state index in [9.17, 15) is 0 Å². The summed E-state index contributed by atoms with van der Waals surface area (Å²) in [5.74, 6) is 0. The van der Waals surface area contributed by atoms with Crippen molar-refractivity contribution in [2.24, 2.45) is 5.73 Å². The number of nitrogens with one attached hydrogen (secondary N) is 2. The van der Waals surface area contributed by atoms with Gasteiger partial charge in [-0.3, -0.25) is 0 Å². The highest BCUT2D eigenvalue weighted by Crippen LogP contribution is 2.36. The van der Waals surface area contributed by atoms with Gasteiger partial charge in [0.25, 0.3) is 0 Å². The first-order chi connectivity index (χ1) is 15.7. The third kappa shape index (κ3) is 3.79. The molecule has 0 saturated heterocycles. The molecule has 0 saturated carbocycles. The Morgan fingerprint density at radius 3 is 2.59 bits per heavy atom. The molecule has 4 aliphatic rings. The second kappa shape index (κ2) is 8.47. The minimum Gasteiger partial charge on any atom is -0.324 e. The summed E-state index contributed by atoms with van der Waals surface area (Å²) in [4.78, 5) is 0. The van der Waals surface area contributed by atoms with Crippen LogP contribution < -0.4 is 16.4 Å². The van der Waals surface area contributed by atoms with E-state index in [-0.39, 0.29) is 6.04 Å². The third-order valence-corrected chi connectivity index (χ3v) is 7.73. The molecule has 3 nitrogen and oxygen atoms in total. The summed E-state index contributed by atoms with van der Waals surface area (Å²) in [6, 6.07) is 14.6. The average Bonchev–Trinajstić information content (AvgIpc) is 3.43. The summed E-state index contributed by atoms with van der Waals surface area (Å²) in [6.07, 6.45) is 14.0. The number of hydrogen-bond acceptors (Lipinski definition) is 3. The van der Waals surface area contributed by atoms with Crippen molar-refractivity contribution in [1.82, 2.24) is 10.6 Å². The van der Waals surface area contributed by atoms with Crippen molar-refractivity contribution in [2.75, 3.05) is 19.6 Å². The Balaban J connectivity index is 1.17. The van der Waals surface area contributed by atoms with Crippen molar-refractivity contribution in [2.45, 2.75) is 50.6 Å². The molecule has 3 heteroatoms. The van der Waals surface area contributed by atoms with Gasteiger partial charge in [-0.15, -0.1) is 0 Å². The zero-order valence-corrected chi connectivity index (χ0v) is 18.8. The zero-order chi connectivity index (χ0) is 21.5. The Hall–Kier alpha value is -2.46. The van der Waals surface area contributed by atoms with Crippen molar-refractivity contribution >= 4 is 16.7 Å². The molecule has 2 aromatic carbocycles. The lowest BCUT2D eigenvalue weighted by Crippen LogP contribution is -2.32. The minimum absolute atomic E-state index is 0.216. The first-order valence-electron chi connectivity index (χ1n) is 12.3. The molecule has 2 aliphatic carbocycles. The molecule has 4 N–H and O–H groups in total. The summed E-state index contributed by atoms with van der Waals surface area (Å²) >= 11 is 0. The van der Waals surface area contributed by atoms with Crippen LogP contribution in [0.25, 0.3) is 16.7 Å². The highest BCUT2D eigenvalue weighted by molar-refractivity contribution is 5.77. The predicted octanol–water partition coefficient (Wildman–Crippen LogP) is 4.78. The molecule has 2 unspecified atom stereocenters. The lowest BCUT2D eigenvalue weighted by Gasteiger charge is -2.23. The van der Waals surface area contributed by atoms with Gasteiger partial charge in [0.05, 0.1) is 0 Å². The first-order valence-corrected chi connectivity index (χ1v) is 12.3. The molecule has 2 aromatic rings. The average molecular weight is 424 g/mol. The number of rotatable bonds is 3. The predicted molar refractivity (Wildman–Crippen MR) is 134 cm³/mol. The fourth-order valence-electron chi connectivity index (χ4n) is 5.84. The number of allylic oxidation sites excluding steroid dienone is 1. The van der Waals surface area contributed by atoms with Crippen LogP contribution in [0, 0.1) is 0 Å². The molecule has 2 aliphatic heterocycles. The Morgan fingerprint density at radius 2 is 1.75 bits per heavy atom. The van der Waals surface area contributed by atoms with E-state index < -0.39 is 0 Å². The molecule has 6 rings (SSSR count). The summed E-state index contributed by atoms with van der Waals surface area (Å²) in [5.41, 5.74) is 19.2. The van der Waals surface area contributed by atoms with Crippen LogP contribution in [-0.4, -0.2) is 25.7 Å². The van der Waals surface area contributed by atoms with Crippen LogP contribution in [0.3, 0.4) is 0 Å². The van der Waals surface area contributed by atoms with Crippen LogP contribution in [-0.2, 0) is 12.8 Å². The van der Waals surface area contributed by atoms with Gasteiger partial charge in [0.2, 0.25) is 0 Å². The van der Waals surface area contributed by atoms with Crippen molar-refractivity contribution in [1.29, 1.82) is 0 Å². The van der Waals surface area contributed by atoms with E-state index in [1.165, 1.54) is 56.5 Å². The largest absolute Gasteiger partial charge is 0.324 e. The fourth-order valence-corrected chi connectivity index (χ4v) is 5.84. The van der Waals surface area contributed by atoms with E-state index in [0.717, 1.165) is 51.7 Å². The molecule has 0 amide bonds. The van der Waals surface area contributed by atoms with Crippen LogP contribution in [0.5, 0.6) is 0 Å². The Kier molecular flexibility index (Phi) is 5.34. The first kappa shape index (κ1) is 20.2. The summed E-state index contributed by atoms with van der Waals surface area (Å²) in [7, 11) is 0. The van der Waals surface area contributed by atoms with E-state index in [4.69, 9.17) is 5.73 Å². The van der Waals surface area contributed by atoms with Crippen molar-refractivity contribution in [3.05, 3.63) is 88.0 Å². The van der Waals surface area contributed by atoms with Crippen molar-refractivity contribution in [3.8, 4) is 0 Å². The smallest absolute Gasteiger partial charge is 0.0300 e. The van der Waals surface area contributed by atoms with Gasteiger partial charge < -0.3 is 16.4 Å². The number of benzene rings is 2. The van der Waals surface area contributed by atoms with Gasteiger partial charge in [-0.2, -0.15) is 0 Å². The summed E-state index contributed by atoms with van der Waals surface area (Å²) < 4.78 is 0.